The molecule has 0 radical (unpaired) electrons. The summed E-state index contributed by atoms with van der Waals surface area (Å²) in [6.07, 6.45) is 1.55. The Morgan fingerprint density at radius 2 is 2.08 bits per heavy atom. The summed E-state index contributed by atoms with van der Waals surface area (Å²) in [6.45, 7) is 0. The maximum Gasteiger partial charge on any atom is 0.307 e. The third kappa shape index (κ3) is 3.41. The van der Waals surface area contributed by atoms with Crippen LogP contribution in [0.3, 0.4) is 0 Å². The largest absolute Gasteiger partial charge is 0.494 e. The Morgan fingerprint density at radius 1 is 1.31 bits per heavy atom. The Bertz CT molecular complexity index is 989. The first kappa shape index (κ1) is 17.9. The highest BCUT2D eigenvalue weighted by atomic mass is 35.5. The smallest absolute Gasteiger partial charge is 0.307 e. The lowest BCUT2D eigenvalue weighted by Crippen LogP contribution is -2.13. The highest BCUT2D eigenvalue weighted by Gasteiger charge is 2.19. The predicted octanol–water partition coefficient (Wildman–Crippen LogP) is 3.65. The van der Waals surface area contributed by atoms with Crippen molar-refractivity contribution in [2.45, 2.75) is 6.42 Å². The summed E-state index contributed by atoms with van der Waals surface area (Å²) >= 11 is 6.14. The number of methoxy groups -OCH3 is 1. The van der Waals surface area contributed by atoms with E-state index >= 15 is 0 Å². The number of anilines is 1. The van der Waals surface area contributed by atoms with Gasteiger partial charge in [-0.2, -0.15) is 0 Å². The maximum absolute atomic E-state index is 11.3. The van der Waals surface area contributed by atoms with Gasteiger partial charge in [0, 0.05) is 36.3 Å². The normalized spacial score (nSPS) is 10.8. The second-order valence-corrected chi connectivity index (χ2v) is 6.46. The molecule has 26 heavy (non-hydrogen) atoms. The standard InChI is InChI=1S/C19H18ClN3O3/c1-23(2)19-21-10-15-14(11-5-4-6-13(20)7-11)8-12(9-16(24)25)18(26-3)17(15)22-19/h4-8,10H,9H2,1-3H3,(H,24,25). The number of carbonyl (C=O) groups is 1. The van der Waals surface area contributed by atoms with Gasteiger partial charge in [-0.1, -0.05) is 23.7 Å². The van der Waals surface area contributed by atoms with Crippen LogP contribution in [0.5, 0.6) is 5.75 Å². The molecule has 7 heteroatoms. The number of fused-ring (bicyclic) bond motifs is 1. The summed E-state index contributed by atoms with van der Waals surface area (Å²) in [5.74, 6) is 0.0144. The molecule has 0 amide bonds. The Balaban J connectivity index is 2.38. The number of benzene rings is 2. The Labute approximate surface area is 156 Å². The molecule has 0 saturated carbocycles. The van der Waals surface area contributed by atoms with Crippen LogP contribution in [-0.2, 0) is 11.2 Å². The minimum Gasteiger partial charge on any atom is -0.494 e. The summed E-state index contributed by atoms with van der Waals surface area (Å²) in [4.78, 5) is 22.1. The second kappa shape index (κ2) is 7.17. The van der Waals surface area contributed by atoms with Crippen LogP contribution >= 0.6 is 11.6 Å². The van der Waals surface area contributed by atoms with Crippen molar-refractivity contribution in [1.29, 1.82) is 0 Å². The summed E-state index contributed by atoms with van der Waals surface area (Å²) in [6, 6.07) is 9.18. The van der Waals surface area contributed by atoms with Crippen LogP contribution in [0.1, 0.15) is 5.56 Å². The van der Waals surface area contributed by atoms with Gasteiger partial charge >= 0.3 is 5.97 Å². The third-order valence-electron chi connectivity index (χ3n) is 3.97. The molecule has 1 aromatic heterocycles. The third-order valence-corrected chi connectivity index (χ3v) is 4.21. The molecule has 0 unspecified atom stereocenters. The molecule has 0 aliphatic heterocycles. The fraction of sp³-hybridized carbons (Fsp3) is 0.211. The van der Waals surface area contributed by atoms with Crippen molar-refractivity contribution >= 4 is 34.4 Å². The van der Waals surface area contributed by atoms with Gasteiger partial charge in [-0.3, -0.25) is 4.79 Å². The number of carboxylic acids is 1. The van der Waals surface area contributed by atoms with Crippen molar-refractivity contribution in [2.24, 2.45) is 0 Å². The van der Waals surface area contributed by atoms with Crippen molar-refractivity contribution < 1.29 is 14.6 Å². The van der Waals surface area contributed by atoms with E-state index in [0.717, 1.165) is 16.5 Å². The zero-order valence-corrected chi connectivity index (χ0v) is 15.4. The lowest BCUT2D eigenvalue weighted by atomic mass is 9.96. The van der Waals surface area contributed by atoms with Crippen LogP contribution < -0.4 is 9.64 Å². The van der Waals surface area contributed by atoms with Gasteiger partial charge in [0.1, 0.15) is 11.3 Å². The van der Waals surface area contributed by atoms with Crippen LogP contribution in [0.25, 0.3) is 22.0 Å². The van der Waals surface area contributed by atoms with Crippen molar-refractivity contribution in [2.75, 3.05) is 26.1 Å². The van der Waals surface area contributed by atoms with E-state index in [1.807, 2.05) is 32.3 Å². The van der Waals surface area contributed by atoms with E-state index in [4.69, 9.17) is 16.3 Å². The van der Waals surface area contributed by atoms with E-state index in [9.17, 15) is 9.90 Å². The molecular formula is C19H18ClN3O3. The first-order valence-corrected chi connectivity index (χ1v) is 8.30. The van der Waals surface area contributed by atoms with E-state index in [2.05, 4.69) is 9.97 Å². The molecule has 0 aliphatic carbocycles. The van der Waals surface area contributed by atoms with Gasteiger partial charge in [0.2, 0.25) is 5.95 Å². The quantitative estimate of drug-likeness (QED) is 0.737. The molecule has 0 spiro atoms. The van der Waals surface area contributed by atoms with E-state index in [-0.39, 0.29) is 6.42 Å². The zero-order chi connectivity index (χ0) is 18.8. The van der Waals surface area contributed by atoms with Gasteiger partial charge in [0.05, 0.1) is 13.5 Å². The second-order valence-electron chi connectivity index (χ2n) is 6.02. The predicted molar refractivity (Wildman–Crippen MR) is 102 cm³/mol. The molecule has 0 fully saturated rings. The lowest BCUT2D eigenvalue weighted by Gasteiger charge is -2.17. The molecule has 0 aliphatic rings. The van der Waals surface area contributed by atoms with Crippen LogP contribution in [-0.4, -0.2) is 42.2 Å². The van der Waals surface area contributed by atoms with Crippen molar-refractivity contribution in [1.82, 2.24) is 9.97 Å². The van der Waals surface area contributed by atoms with Gasteiger partial charge in [-0.05, 0) is 29.3 Å². The average Bonchev–Trinajstić information content (AvgIpc) is 2.60. The number of carboxylic acid groups (broad SMARTS) is 1. The molecule has 2 aromatic carbocycles. The highest BCUT2D eigenvalue weighted by molar-refractivity contribution is 6.30. The van der Waals surface area contributed by atoms with Gasteiger partial charge < -0.3 is 14.7 Å². The molecule has 0 saturated heterocycles. The Morgan fingerprint density at radius 3 is 2.69 bits per heavy atom. The number of hydrogen-bond donors (Lipinski definition) is 1. The molecule has 0 bridgehead atoms. The first-order chi connectivity index (χ1) is 12.4. The summed E-state index contributed by atoms with van der Waals surface area (Å²) < 4.78 is 5.51. The SMILES string of the molecule is COc1c(CC(=O)O)cc(-c2cccc(Cl)c2)c2cnc(N(C)C)nc12. The summed E-state index contributed by atoms with van der Waals surface area (Å²) in [5, 5.41) is 10.7. The number of rotatable bonds is 5. The fourth-order valence-corrected chi connectivity index (χ4v) is 3.03. The highest BCUT2D eigenvalue weighted by Crippen LogP contribution is 2.37. The van der Waals surface area contributed by atoms with Crippen LogP contribution in [0, 0.1) is 0 Å². The molecule has 134 valence electrons. The minimum absolute atomic E-state index is 0.173. The van der Waals surface area contributed by atoms with Crippen LogP contribution in [0.15, 0.2) is 36.5 Å². The monoisotopic (exact) mass is 371 g/mol. The first-order valence-electron chi connectivity index (χ1n) is 7.92. The lowest BCUT2D eigenvalue weighted by molar-refractivity contribution is -0.136. The number of hydrogen-bond acceptors (Lipinski definition) is 5. The Hall–Kier alpha value is -2.86. The minimum atomic E-state index is -0.943. The number of aromatic nitrogens is 2. The molecule has 3 rings (SSSR count). The maximum atomic E-state index is 11.3. The van der Waals surface area contributed by atoms with E-state index in [1.54, 1.807) is 23.2 Å². The molecular weight excluding hydrogens is 354 g/mol. The summed E-state index contributed by atoms with van der Waals surface area (Å²) in [5.41, 5.74) is 2.79. The average molecular weight is 372 g/mol. The molecule has 0 atom stereocenters. The number of nitrogens with zero attached hydrogens (tertiary/aromatic N) is 3. The van der Waals surface area contributed by atoms with E-state index in [0.29, 0.717) is 27.8 Å². The van der Waals surface area contributed by atoms with Crippen LogP contribution in [0.4, 0.5) is 5.95 Å². The summed E-state index contributed by atoms with van der Waals surface area (Å²) in [7, 11) is 5.19. The molecule has 6 nitrogen and oxygen atoms in total. The topological polar surface area (TPSA) is 75.6 Å². The van der Waals surface area contributed by atoms with E-state index in [1.165, 1.54) is 7.11 Å². The van der Waals surface area contributed by atoms with Crippen molar-refractivity contribution in [3.8, 4) is 16.9 Å². The van der Waals surface area contributed by atoms with Gasteiger partial charge in [0.15, 0.2) is 0 Å². The van der Waals surface area contributed by atoms with Gasteiger partial charge in [0.25, 0.3) is 0 Å². The van der Waals surface area contributed by atoms with Gasteiger partial charge in [-0.25, -0.2) is 9.97 Å². The Kier molecular flexibility index (Phi) is 4.95. The van der Waals surface area contributed by atoms with E-state index < -0.39 is 5.97 Å². The van der Waals surface area contributed by atoms with Crippen LogP contribution in [0.2, 0.25) is 5.02 Å². The molecule has 3 aromatic rings. The van der Waals surface area contributed by atoms with Crippen molar-refractivity contribution in [3.63, 3.8) is 0 Å². The zero-order valence-electron chi connectivity index (χ0n) is 14.7. The van der Waals surface area contributed by atoms with Gasteiger partial charge in [-0.15, -0.1) is 0 Å². The van der Waals surface area contributed by atoms with Crippen molar-refractivity contribution in [3.05, 3.63) is 47.1 Å². The number of ether oxygens (including phenoxy) is 1. The number of aliphatic carboxylic acids is 1. The molecule has 1 N–H and O–H groups in total. The molecule has 1 heterocycles. The number of halogens is 1. The fourth-order valence-electron chi connectivity index (χ4n) is 2.84.